The van der Waals surface area contributed by atoms with Gasteiger partial charge in [0, 0.05) is 13.1 Å². The Bertz CT molecular complexity index is 493. The molecule has 0 saturated carbocycles. The number of carbonyl (C=O) groups excluding carboxylic acids is 1. The van der Waals surface area contributed by atoms with Crippen molar-refractivity contribution in [2.75, 3.05) is 26.3 Å². The Labute approximate surface area is 127 Å². The molecule has 21 heavy (non-hydrogen) atoms. The number of nitrogens with zero attached hydrogens (tertiary/aromatic N) is 1. The van der Waals surface area contributed by atoms with Gasteiger partial charge in [0.2, 0.25) is 0 Å². The third-order valence-corrected chi connectivity index (χ3v) is 3.85. The smallest absolute Gasteiger partial charge is 0.263 e. The summed E-state index contributed by atoms with van der Waals surface area (Å²) in [5.41, 5.74) is 2.28. The summed E-state index contributed by atoms with van der Waals surface area (Å²) in [7, 11) is 0. The second-order valence-electron chi connectivity index (χ2n) is 5.88. The van der Waals surface area contributed by atoms with Gasteiger partial charge in [-0.25, -0.2) is 0 Å². The van der Waals surface area contributed by atoms with Crippen molar-refractivity contribution in [1.29, 1.82) is 0 Å². The summed E-state index contributed by atoms with van der Waals surface area (Å²) in [6.07, 6.45) is -0.468. The van der Waals surface area contributed by atoms with Gasteiger partial charge in [-0.1, -0.05) is 26.0 Å². The van der Waals surface area contributed by atoms with Crippen LogP contribution in [0.15, 0.2) is 18.2 Å². The molecule has 0 aliphatic carbocycles. The highest BCUT2D eigenvalue weighted by Gasteiger charge is 2.24. The SMILES string of the molecule is Cc1ccc(C(C)C)cc1OC(C)C(=O)N1CCOCC1. The van der Waals surface area contributed by atoms with Gasteiger partial charge in [-0.3, -0.25) is 4.79 Å². The Hall–Kier alpha value is -1.55. The van der Waals surface area contributed by atoms with Crippen LogP contribution in [0, 0.1) is 6.92 Å². The van der Waals surface area contributed by atoms with Crippen molar-refractivity contribution in [3.8, 4) is 5.75 Å². The Balaban J connectivity index is 2.06. The van der Waals surface area contributed by atoms with Crippen LogP contribution in [-0.4, -0.2) is 43.2 Å². The average Bonchev–Trinajstić information content (AvgIpc) is 2.49. The van der Waals surface area contributed by atoms with E-state index in [-0.39, 0.29) is 5.91 Å². The average molecular weight is 291 g/mol. The van der Waals surface area contributed by atoms with Gasteiger partial charge < -0.3 is 14.4 Å². The molecule has 1 aromatic rings. The van der Waals surface area contributed by atoms with E-state index in [2.05, 4.69) is 26.0 Å². The summed E-state index contributed by atoms with van der Waals surface area (Å²) >= 11 is 0. The summed E-state index contributed by atoms with van der Waals surface area (Å²) in [6, 6.07) is 6.21. The number of hydrogen-bond acceptors (Lipinski definition) is 3. The molecule has 116 valence electrons. The first-order valence-electron chi connectivity index (χ1n) is 7.62. The normalized spacial score (nSPS) is 16.9. The maximum absolute atomic E-state index is 12.4. The van der Waals surface area contributed by atoms with Crippen LogP contribution in [0.1, 0.15) is 37.8 Å². The second-order valence-corrected chi connectivity index (χ2v) is 5.88. The van der Waals surface area contributed by atoms with E-state index in [0.29, 0.717) is 32.2 Å². The van der Waals surface area contributed by atoms with Crippen molar-refractivity contribution in [2.24, 2.45) is 0 Å². The minimum Gasteiger partial charge on any atom is -0.481 e. The van der Waals surface area contributed by atoms with Gasteiger partial charge in [-0.2, -0.15) is 0 Å². The number of carbonyl (C=O) groups is 1. The molecule has 1 aliphatic heterocycles. The zero-order valence-electron chi connectivity index (χ0n) is 13.4. The van der Waals surface area contributed by atoms with Crippen LogP contribution >= 0.6 is 0 Å². The van der Waals surface area contributed by atoms with Gasteiger partial charge >= 0.3 is 0 Å². The first-order chi connectivity index (χ1) is 9.99. The lowest BCUT2D eigenvalue weighted by atomic mass is 10.0. The summed E-state index contributed by atoms with van der Waals surface area (Å²) in [4.78, 5) is 14.2. The highest BCUT2D eigenvalue weighted by Crippen LogP contribution is 2.25. The molecule has 4 heteroatoms. The molecule has 1 fully saturated rings. The van der Waals surface area contributed by atoms with Gasteiger partial charge in [0.05, 0.1) is 13.2 Å². The summed E-state index contributed by atoms with van der Waals surface area (Å²) in [6.45, 7) is 10.6. The predicted molar refractivity (Wildman–Crippen MR) is 82.8 cm³/mol. The lowest BCUT2D eigenvalue weighted by molar-refractivity contribution is -0.142. The van der Waals surface area contributed by atoms with E-state index in [9.17, 15) is 4.79 Å². The van der Waals surface area contributed by atoms with Crippen molar-refractivity contribution in [3.05, 3.63) is 29.3 Å². The van der Waals surface area contributed by atoms with Gasteiger partial charge in [0.15, 0.2) is 6.10 Å². The lowest BCUT2D eigenvalue weighted by Gasteiger charge is -2.29. The monoisotopic (exact) mass is 291 g/mol. The Morgan fingerprint density at radius 3 is 2.52 bits per heavy atom. The van der Waals surface area contributed by atoms with Crippen molar-refractivity contribution in [1.82, 2.24) is 4.90 Å². The van der Waals surface area contributed by atoms with Crippen molar-refractivity contribution in [3.63, 3.8) is 0 Å². The first kappa shape index (κ1) is 15.8. The van der Waals surface area contributed by atoms with Crippen molar-refractivity contribution < 1.29 is 14.3 Å². The van der Waals surface area contributed by atoms with Gasteiger partial charge in [-0.05, 0) is 37.0 Å². The molecular weight excluding hydrogens is 266 g/mol. The molecule has 1 aliphatic rings. The molecule has 1 unspecified atom stereocenters. The van der Waals surface area contributed by atoms with Crippen molar-refractivity contribution in [2.45, 2.75) is 39.7 Å². The van der Waals surface area contributed by atoms with Crippen LogP contribution < -0.4 is 4.74 Å². The van der Waals surface area contributed by atoms with E-state index >= 15 is 0 Å². The highest BCUT2D eigenvalue weighted by molar-refractivity contribution is 5.81. The van der Waals surface area contributed by atoms with E-state index < -0.39 is 6.10 Å². The predicted octanol–water partition coefficient (Wildman–Crippen LogP) is 2.74. The molecule has 0 aromatic heterocycles. The Kier molecular flexibility index (Phi) is 5.23. The second kappa shape index (κ2) is 6.94. The zero-order chi connectivity index (χ0) is 15.4. The number of amides is 1. The molecule has 0 bridgehead atoms. The Morgan fingerprint density at radius 2 is 1.90 bits per heavy atom. The van der Waals surface area contributed by atoms with Crippen LogP contribution in [-0.2, 0) is 9.53 Å². The fourth-order valence-corrected chi connectivity index (χ4v) is 2.38. The molecular formula is C17H25NO3. The van der Waals surface area contributed by atoms with Crippen LogP contribution in [0.25, 0.3) is 0 Å². The fourth-order valence-electron chi connectivity index (χ4n) is 2.38. The van der Waals surface area contributed by atoms with Crippen LogP contribution in [0.4, 0.5) is 0 Å². The first-order valence-corrected chi connectivity index (χ1v) is 7.62. The van der Waals surface area contributed by atoms with E-state index in [1.165, 1.54) is 5.56 Å². The molecule has 0 N–H and O–H groups in total. The molecule has 1 atom stereocenters. The van der Waals surface area contributed by atoms with Crippen LogP contribution in [0.2, 0.25) is 0 Å². The largest absolute Gasteiger partial charge is 0.481 e. The van der Waals surface area contributed by atoms with E-state index in [0.717, 1.165) is 11.3 Å². The quantitative estimate of drug-likeness (QED) is 0.856. The maximum atomic E-state index is 12.4. The minimum atomic E-state index is -0.468. The maximum Gasteiger partial charge on any atom is 0.263 e. The molecule has 0 spiro atoms. The van der Waals surface area contributed by atoms with Gasteiger partial charge in [-0.15, -0.1) is 0 Å². The van der Waals surface area contributed by atoms with Crippen LogP contribution in [0.3, 0.4) is 0 Å². The minimum absolute atomic E-state index is 0.0349. The molecule has 1 aromatic carbocycles. The highest BCUT2D eigenvalue weighted by atomic mass is 16.5. The number of ether oxygens (including phenoxy) is 2. The van der Waals surface area contributed by atoms with E-state index in [4.69, 9.17) is 9.47 Å². The molecule has 1 amide bonds. The number of benzene rings is 1. The molecule has 4 nitrogen and oxygen atoms in total. The summed E-state index contributed by atoms with van der Waals surface area (Å²) in [5.74, 6) is 1.28. The molecule has 0 radical (unpaired) electrons. The van der Waals surface area contributed by atoms with Gasteiger partial charge in [0.25, 0.3) is 5.91 Å². The third kappa shape index (κ3) is 3.97. The standard InChI is InChI=1S/C17H25NO3/c1-12(2)15-6-5-13(3)16(11-15)21-14(4)17(19)18-7-9-20-10-8-18/h5-6,11-12,14H,7-10H2,1-4H3. The van der Waals surface area contributed by atoms with E-state index in [1.807, 2.05) is 24.8 Å². The molecule has 1 saturated heterocycles. The summed E-state index contributed by atoms with van der Waals surface area (Å²) < 4.78 is 11.2. The summed E-state index contributed by atoms with van der Waals surface area (Å²) in [5, 5.41) is 0. The number of rotatable bonds is 4. The van der Waals surface area contributed by atoms with Gasteiger partial charge in [0.1, 0.15) is 5.75 Å². The van der Waals surface area contributed by atoms with Crippen molar-refractivity contribution >= 4 is 5.91 Å². The van der Waals surface area contributed by atoms with E-state index in [1.54, 1.807) is 0 Å². The number of morpholine rings is 1. The third-order valence-electron chi connectivity index (χ3n) is 3.85. The van der Waals surface area contributed by atoms with Crippen LogP contribution in [0.5, 0.6) is 5.75 Å². The fraction of sp³-hybridized carbons (Fsp3) is 0.588. The number of aryl methyl sites for hydroxylation is 1. The topological polar surface area (TPSA) is 38.8 Å². The lowest BCUT2D eigenvalue weighted by Crippen LogP contribution is -2.46. The Morgan fingerprint density at radius 1 is 1.24 bits per heavy atom. The zero-order valence-corrected chi connectivity index (χ0v) is 13.4. The molecule has 2 rings (SSSR count). The number of hydrogen-bond donors (Lipinski definition) is 0. The molecule has 1 heterocycles.